The largest absolute Gasteiger partial charge is 0.299 e. The van der Waals surface area contributed by atoms with Gasteiger partial charge in [0.2, 0.25) is 11.1 Å². The Morgan fingerprint density at radius 1 is 1.00 bits per heavy atom. The summed E-state index contributed by atoms with van der Waals surface area (Å²) in [6.45, 7) is 7.27. The van der Waals surface area contributed by atoms with Crippen LogP contribution in [-0.4, -0.2) is 21.6 Å². The zero-order chi connectivity index (χ0) is 14.1. The molecule has 1 aliphatic heterocycles. The van der Waals surface area contributed by atoms with Gasteiger partial charge in [-0.15, -0.1) is 10.2 Å². The molecule has 0 aromatic carbocycles. The Morgan fingerprint density at radius 3 is 1.47 bits per heavy atom. The summed E-state index contributed by atoms with van der Waals surface area (Å²) < 4.78 is 35.0. The Balaban J connectivity index is 0.000000437. The van der Waals surface area contributed by atoms with Gasteiger partial charge in [-0.1, -0.05) is 0 Å². The number of carbonyl (C=O) groups is 1. The van der Waals surface area contributed by atoms with Crippen LogP contribution in [-0.2, 0) is 4.79 Å². The number of hydrogen-bond donors (Lipinski definition) is 0. The van der Waals surface area contributed by atoms with Gasteiger partial charge in [0.1, 0.15) is 5.78 Å². The molecule has 0 radical (unpaired) electrons. The minimum atomic E-state index is -4.94. The standard InChI is InChI=1S/C9H16NO2.ClHO4/c1-8(2)5-7(11)6-9(3,4)10(8)12;2-1(3,4)5/h5-6H2,1-4H3;(H,2,3,4,5)/q+1;/p-1. The fraction of sp³-hybridized carbons (Fsp3) is 0.889. The number of ketones is 1. The van der Waals surface area contributed by atoms with Gasteiger partial charge >= 0.3 is 0 Å². The highest BCUT2D eigenvalue weighted by molar-refractivity contribution is 5.80. The second kappa shape index (κ2) is 4.95. The van der Waals surface area contributed by atoms with E-state index in [1.54, 1.807) is 0 Å². The van der Waals surface area contributed by atoms with Crippen LogP contribution in [0.25, 0.3) is 0 Å². The molecule has 1 fully saturated rings. The summed E-state index contributed by atoms with van der Waals surface area (Å²) in [5.74, 6) is 0.192. The number of piperidine rings is 1. The van der Waals surface area contributed by atoms with E-state index in [2.05, 4.69) is 0 Å². The minimum Gasteiger partial charge on any atom is -0.299 e. The number of nitroso groups, excluding NO2 is 1. The first-order valence-electron chi connectivity index (χ1n) is 4.87. The van der Waals surface area contributed by atoms with Gasteiger partial charge in [0.15, 0.2) is 0 Å². The van der Waals surface area contributed by atoms with Gasteiger partial charge in [-0.2, -0.15) is 0 Å². The van der Waals surface area contributed by atoms with Crippen molar-refractivity contribution in [1.82, 2.24) is 0 Å². The first-order valence-corrected chi connectivity index (χ1v) is 6.10. The maximum Gasteiger partial charge on any atom is 0.212 e. The van der Waals surface area contributed by atoms with E-state index in [0.717, 1.165) is 4.76 Å². The predicted octanol–water partition coefficient (Wildman–Crippen LogP) is -3.07. The number of hydrogen-bond acceptors (Lipinski definition) is 6. The average molecular weight is 270 g/mol. The van der Waals surface area contributed by atoms with Crippen molar-refractivity contribution in [3.05, 3.63) is 4.91 Å². The summed E-state index contributed by atoms with van der Waals surface area (Å²) in [6, 6.07) is 0. The monoisotopic (exact) mass is 269 g/mol. The summed E-state index contributed by atoms with van der Waals surface area (Å²) in [7, 11) is -4.94. The maximum atomic E-state index is 11.7. The normalized spacial score (nSPS) is 22.8. The Labute approximate surface area is 101 Å². The molecule has 0 bridgehead atoms. The zero-order valence-electron chi connectivity index (χ0n) is 10.2. The van der Waals surface area contributed by atoms with E-state index in [-0.39, 0.29) is 5.78 Å². The SMILES string of the molecule is CC1(C)CC(=O)CC(C)(C)[N+]1=O.[O-][Cl+3]([O-])([O-])[O-]. The van der Waals surface area contributed by atoms with Crippen molar-refractivity contribution in [2.24, 2.45) is 0 Å². The highest BCUT2D eigenvalue weighted by atomic mass is 35.7. The van der Waals surface area contributed by atoms with Gasteiger partial charge in [0, 0.05) is 37.4 Å². The van der Waals surface area contributed by atoms with Crippen molar-refractivity contribution in [2.45, 2.75) is 51.6 Å². The predicted molar refractivity (Wildman–Crippen MR) is 46.0 cm³/mol. The molecule has 0 aromatic heterocycles. The highest BCUT2D eigenvalue weighted by Gasteiger charge is 2.53. The molecule has 0 aliphatic carbocycles. The topological polar surface area (TPSA) is 129 Å². The Bertz CT molecular complexity index is 292. The van der Waals surface area contributed by atoms with Crippen LogP contribution in [0.5, 0.6) is 0 Å². The molecule has 8 heteroatoms. The number of halogens is 1. The Hall–Kier alpha value is -0.600. The Morgan fingerprint density at radius 2 is 1.24 bits per heavy atom. The molecule has 1 heterocycles. The van der Waals surface area contributed by atoms with Gasteiger partial charge < -0.3 is 0 Å². The van der Waals surface area contributed by atoms with E-state index >= 15 is 0 Å². The van der Waals surface area contributed by atoms with Crippen molar-refractivity contribution in [2.75, 3.05) is 0 Å². The number of Topliss-reactive ketones (excluding diaryl/α,β-unsaturated/α-hetero) is 1. The first kappa shape index (κ1) is 16.4. The van der Waals surface area contributed by atoms with Crippen LogP contribution in [0.2, 0.25) is 0 Å². The molecule has 1 aliphatic rings. The van der Waals surface area contributed by atoms with Gasteiger partial charge in [-0.05, 0) is 0 Å². The molecule has 7 nitrogen and oxygen atoms in total. The van der Waals surface area contributed by atoms with E-state index in [9.17, 15) is 9.70 Å². The van der Waals surface area contributed by atoms with Crippen molar-refractivity contribution in [1.29, 1.82) is 0 Å². The van der Waals surface area contributed by atoms with Crippen LogP contribution in [0.4, 0.5) is 0 Å². The summed E-state index contributed by atoms with van der Waals surface area (Å²) >= 11 is 0. The summed E-state index contributed by atoms with van der Waals surface area (Å²) in [6.07, 6.45) is 0.750. The molecule has 0 saturated carbocycles. The third-order valence-corrected chi connectivity index (χ3v) is 2.36. The van der Waals surface area contributed by atoms with E-state index in [1.165, 1.54) is 0 Å². The maximum absolute atomic E-state index is 11.7. The fourth-order valence-corrected chi connectivity index (χ4v) is 1.99. The average Bonchev–Trinajstić information content (AvgIpc) is 1.94. The van der Waals surface area contributed by atoms with Crippen LogP contribution in [0.1, 0.15) is 40.5 Å². The van der Waals surface area contributed by atoms with Crippen LogP contribution < -0.4 is 18.6 Å². The fourth-order valence-electron chi connectivity index (χ4n) is 1.99. The summed E-state index contributed by atoms with van der Waals surface area (Å²) in [5, 5.41) is 0. The molecule has 0 atom stereocenters. The third kappa shape index (κ3) is 6.04. The van der Waals surface area contributed by atoms with E-state index in [1.807, 2.05) is 27.7 Å². The third-order valence-electron chi connectivity index (χ3n) is 2.36. The molecule has 0 N–H and O–H groups in total. The molecule has 0 aromatic rings. The van der Waals surface area contributed by atoms with Crippen molar-refractivity contribution in [3.63, 3.8) is 0 Å². The lowest BCUT2D eigenvalue weighted by Gasteiger charge is -2.30. The van der Waals surface area contributed by atoms with Crippen molar-refractivity contribution >= 4 is 5.78 Å². The molecule has 100 valence electrons. The highest BCUT2D eigenvalue weighted by Crippen LogP contribution is 2.31. The van der Waals surface area contributed by atoms with Crippen LogP contribution in [0.15, 0.2) is 0 Å². The lowest BCUT2D eigenvalue weighted by atomic mass is 9.82. The molecule has 1 rings (SSSR count). The molecular formula is C9H16ClNO6. The second-order valence-corrected chi connectivity index (χ2v) is 5.95. The summed E-state index contributed by atoms with van der Waals surface area (Å²) in [5.41, 5.74) is -1.06. The van der Waals surface area contributed by atoms with Crippen LogP contribution >= 0.6 is 0 Å². The number of rotatable bonds is 0. The molecule has 1 saturated heterocycles. The number of carbonyl (C=O) groups excluding carboxylic acids is 1. The molecule has 0 spiro atoms. The van der Waals surface area contributed by atoms with Gasteiger partial charge in [-0.3, -0.25) is 4.79 Å². The lowest BCUT2D eigenvalue weighted by molar-refractivity contribution is -2.00. The zero-order valence-corrected chi connectivity index (χ0v) is 10.9. The van der Waals surface area contributed by atoms with Crippen molar-refractivity contribution < 1.29 is 38.4 Å². The quantitative estimate of drug-likeness (QED) is 0.429. The minimum absolute atomic E-state index is 0.192. The lowest BCUT2D eigenvalue weighted by Crippen LogP contribution is -2.68. The van der Waals surface area contributed by atoms with E-state index < -0.39 is 21.3 Å². The van der Waals surface area contributed by atoms with Crippen molar-refractivity contribution in [3.8, 4) is 0 Å². The van der Waals surface area contributed by atoms with Gasteiger partial charge in [0.05, 0.1) is 12.8 Å². The van der Waals surface area contributed by atoms with Crippen LogP contribution in [0.3, 0.4) is 0 Å². The second-order valence-electron chi connectivity index (χ2n) is 5.19. The molecule has 17 heavy (non-hydrogen) atoms. The molecular weight excluding hydrogens is 254 g/mol. The Kier molecular flexibility index (Phi) is 4.77. The smallest absolute Gasteiger partial charge is 0.212 e. The number of nitrogens with zero attached hydrogens (tertiary/aromatic N) is 1. The van der Waals surface area contributed by atoms with Crippen LogP contribution in [0, 0.1) is 15.2 Å². The van der Waals surface area contributed by atoms with E-state index in [4.69, 9.17) is 18.6 Å². The van der Waals surface area contributed by atoms with Gasteiger partial charge in [0.25, 0.3) is 0 Å². The first-order chi connectivity index (χ1) is 7.26. The molecule has 0 amide bonds. The summed E-state index contributed by atoms with van der Waals surface area (Å²) in [4.78, 5) is 23.0. The molecule has 0 unspecified atom stereocenters. The van der Waals surface area contributed by atoms with E-state index in [0.29, 0.717) is 12.8 Å². The van der Waals surface area contributed by atoms with Gasteiger partial charge in [-0.25, -0.2) is 18.6 Å².